The van der Waals surface area contributed by atoms with Crippen LogP contribution in [0.4, 0.5) is 0 Å². The maximum Gasteiger partial charge on any atom is 0.162 e. The number of rotatable bonds is 4. The molecule has 0 spiro atoms. The molecule has 0 radical (unpaired) electrons. The van der Waals surface area contributed by atoms with Gasteiger partial charge in [0.2, 0.25) is 0 Å². The highest BCUT2D eigenvalue weighted by atomic mass is 16.1. The van der Waals surface area contributed by atoms with Crippen LogP contribution in [0.1, 0.15) is 48.2 Å². The monoisotopic (exact) mass is 204 g/mol. The van der Waals surface area contributed by atoms with Crippen molar-refractivity contribution in [3.8, 4) is 0 Å². The first-order valence-electron chi connectivity index (χ1n) is 5.61. The van der Waals surface area contributed by atoms with Gasteiger partial charge in [-0.2, -0.15) is 0 Å². The van der Waals surface area contributed by atoms with Crippen molar-refractivity contribution in [1.82, 2.24) is 0 Å². The second-order valence-electron chi connectivity index (χ2n) is 4.65. The Hall–Kier alpha value is -1.11. The Bertz CT molecular complexity index is 350. The lowest BCUT2D eigenvalue weighted by Crippen LogP contribution is -2.02. The standard InChI is InChI=1S/C14H20O/c1-10(2)5-8-14(15)13-7-6-11(3)12(4)9-13/h6-7,9-10H,5,8H2,1-4H3. The van der Waals surface area contributed by atoms with Gasteiger partial charge in [-0.1, -0.05) is 26.0 Å². The predicted molar refractivity (Wildman–Crippen MR) is 64.3 cm³/mol. The first kappa shape index (κ1) is 12.0. The Morgan fingerprint density at radius 3 is 2.40 bits per heavy atom. The van der Waals surface area contributed by atoms with Crippen LogP contribution >= 0.6 is 0 Å². The largest absolute Gasteiger partial charge is 0.294 e. The molecule has 82 valence electrons. The molecule has 0 aromatic heterocycles. The molecule has 0 aliphatic heterocycles. The summed E-state index contributed by atoms with van der Waals surface area (Å²) in [7, 11) is 0. The van der Waals surface area contributed by atoms with E-state index in [9.17, 15) is 4.79 Å². The zero-order valence-corrected chi connectivity index (χ0v) is 10.1. The minimum absolute atomic E-state index is 0.270. The van der Waals surface area contributed by atoms with E-state index < -0.39 is 0 Å². The van der Waals surface area contributed by atoms with Crippen LogP contribution < -0.4 is 0 Å². The van der Waals surface area contributed by atoms with Crippen molar-refractivity contribution in [2.45, 2.75) is 40.5 Å². The Labute approximate surface area is 92.5 Å². The molecule has 0 saturated carbocycles. The van der Waals surface area contributed by atoms with Crippen molar-refractivity contribution < 1.29 is 4.79 Å². The smallest absolute Gasteiger partial charge is 0.162 e. The fourth-order valence-electron chi connectivity index (χ4n) is 1.48. The number of aryl methyl sites for hydroxylation is 2. The molecule has 0 amide bonds. The van der Waals surface area contributed by atoms with Crippen molar-refractivity contribution in [3.63, 3.8) is 0 Å². The van der Waals surface area contributed by atoms with Gasteiger partial charge < -0.3 is 0 Å². The van der Waals surface area contributed by atoms with Crippen LogP contribution in [0.3, 0.4) is 0 Å². The lowest BCUT2D eigenvalue weighted by atomic mass is 9.98. The first-order chi connectivity index (χ1) is 7.00. The fourth-order valence-corrected chi connectivity index (χ4v) is 1.48. The number of benzene rings is 1. The maximum atomic E-state index is 11.8. The lowest BCUT2D eigenvalue weighted by molar-refractivity contribution is 0.0975. The van der Waals surface area contributed by atoms with Crippen molar-refractivity contribution in [2.75, 3.05) is 0 Å². The normalized spacial score (nSPS) is 10.7. The quantitative estimate of drug-likeness (QED) is 0.679. The number of hydrogen-bond donors (Lipinski definition) is 0. The molecule has 0 heterocycles. The van der Waals surface area contributed by atoms with Crippen LogP contribution in [0.15, 0.2) is 18.2 Å². The molecule has 0 fully saturated rings. The molecule has 15 heavy (non-hydrogen) atoms. The summed E-state index contributed by atoms with van der Waals surface area (Å²) in [5.74, 6) is 0.868. The van der Waals surface area contributed by atoms with Crippen LogP contribution in [-0.4, -0.2) is 5.78 Å². The third-order valence-electron chi connectivity index (χ3n) is 2.78. The average Bonchev–Trinajstić information content (AvgIpc) is 2.18. The third-order valence-corrected chi connectivity index (χ3v) is 2.78. The zero-order chi connectivity index (χ0) is 11.4. The molecule has 0 bridgehead atoms. The minimum atomic E-state index is 0.270. The summed E-state index contributed by atoms with van der Waals surface area (Å²) in [5, 5.41) is 0. The van der Waals surface area contributed by atoms with E-state index in [4.69, 9.17) is 0 Å². The van der Waals surface area contributed by atoms with Crippen LogP contribution in [-0.2, 0) is 0 Å². The van der Waals surface area contributed by atoms with Gasteiger partial charge >= 0.3 is 0 Å². The van der Waals surface area contributed by atoms with E-state index in [1.54, 1.807) is 0 Å². The Balaban J connectivity index is 2.70. The summed E-state index contributed by atoms with van der Waals surface area (Å²) in [6.45, 7) is 8.41. The lowest BCUT2D eigenvalue weighted by Gasteiger charge is -2.06. The topological polar surface area (TPSA) is 17.1 Å². The highest BCUT2D eigenvalue weighted by Crippen LogP contribution is 2.14. The molecule has 1 aromatic carbocycles. The van der Waals surface area contributed by atoms with Crippen LogP contribution in [0.25, 0.3) is 0 Å². The molecular formula is C14H20O. The number of Topliss-reactive ketones (excluding diaryl/α,β-unsaturated/α-hetero) is 1. The molecule has 0 unspecified atom stereocenters. The van der Waals surface area contributed by atoms with E-state index >= 15 is 0 Å². The Kier molecular flexibility index (Phi) is 4.07. The molecule has 0 N–H and O–H groups in total. The maximum absolute atomic E-state index is 11.8. The Morgan fingerprint density at radius 1 is 1.20 bits per heavy atom. The van der Waals surface area contributed by atoms with Crippen molar-refractivity contribution in [2.24, 2.45) is 5.92 Å². The van der Waals surface area contributed by atoms with Gasteiger partial charge in [0, 0.05) is 12.0 Å². The van der Waals surface area contributed by atoms with Crippen LogP contribution in [0.2, 0.25) is 0 Å². The van der Waals surface area contributed by atoms with Crippen molar-refractivity contribution in [3.05, 3.63) is 34.9 Å². The number of carbonyl (C=O) groups is 1. The van der Waals surface area contributed by atoms with E-state index in [2.05, 4.69) is 27.7 Å². The SMILES string of the molecule is Cc1ccc(C(=O)CCC(C)C)cc1C. The molecule has 0 atom stereocenters. The summed E-state index contributed by atoms with van der Waals surface area (Å²) in [6.07, 6.45) is 1.64. The van der Waals surface area contributed by atoms with Crippen LogP contribution in [0, 0.1) is 19.8 Å². The minimum Gasteiger partial charge on any atom is -0.294 e. The Morgan fingerprint density at radius 2 is 1.87 bits per heavy atom. The van der Waals surface area contributed by atoms with E-state index in [1.807, 2.05) is 18.2 Å². The molecule has 1 heteroatoms. The van der Waals surface area contributed by atoms with Gasteiger partial charge in [0.05, 0.1) is 0 Å². The van der Waals surface area contributed by atoms with Crippen molar-refractivity contribution >= 4 is 5.78 Å². The summed E-state index contributed by atoms with van der Waals surface area (Å²) >= 11 is 0. The van der Waals surface area contributed by atoms with Gasteiger partial charge in [-0.05, 0) is 43.4 Å². The van der Waals surface area contributed by atoms with Gasteiger partial charge in [-0.3, -0.25) is 4.79 Å². The van der Waals surface area contributed by atoms with E-state index in [0.29, 0.717) is 12.3 Å². The van der Waals surface area contributed by atoms with Crippen molar-refractivity contribution in [1.29, 1.82) is 0 Å². The average molecular weight is 204 g/mol. The molecule has 0 aliphatic rings. The molecular weight excluding hydrogens is 184 g/mol. The summed E-state index contributed by atoms with van der Waals surface area (Å²) in [5.41, 5.74) is 3.31. The summed E-state index contributed by atoms with van der Waals surface area (Å²) in [4.78, 5) is 11.8. The van der Waals surface area contributed by atoms with Gasteiger partial charge in [0.25, 0.3) is 0 Å². The van der Waals surface area contributed by atoms with E-state index in [0.717, 1.165) is 12.0 Å². The van der Waals surface area contributed by atoms with Gasteiger partial charge in [-0.15, -0.1) is 0 Å². The van der Waals surface area contributed by atoms with E-state index in [1.165, 1.54) is 11.1 Å². The molecule has 1 aromatic rings. The van der Waals surface area contributed by atoms with Gasteiger partial charge in [0.15, 0.2) is 5.78 Å². The molecule has 0 saturated heterocycles. The van der Waals surface area contributed by atoms with Gasteiger partial charge in [0.1, 0.15) is 0 Å². The number of ketones is 1. The number of hydrogen-bond acceptors (Lipinski definition) is 1. The molecule has 1 nitrogen and oxygen atoms in total. The zero-order valence-electron chi connectivity index (χ0n) is 10.1. The van der Waals surface area contributed by atoms with E-state index in [-0.39, 0.29) is 5.78 Å². The first-order valence-corrected chi connectivity index (χ1v) is 5.61. The highest BCUT2D eigenvalue weighted by molar-refractivity contribution is 5.96. The molecule has 0 aliphatic carbocycles. The third kappa shape index (κ3) is 3.50. The molecule has 1 rings (SSSR count). The fraction of sp³-hybridized carbons (Fsp3) is 0.500. The summed E-state index contributed by atoms with van der Waals surface area (Å²) in [6, 6.07) is 5.96. The predicted octanol–water partition coefficient (Wildman–Crippen LogP) is 3.92. The highest BCUT2D eigenvalue weighted by Gasteiger charge is 2.07. The van der Waals surface area contributed by atoms with Crippen LogP contribution in [0.5, 0.6) is 0 Å². The van der Waals surface area contributed by atoms with Gasteiger partial charge in [-0.25, -0.2) is 0 Å². The number of carbonyl (C=O) groups excluding carboxylic acids is 1. The summed E-state index contributed by atoms with van der Waals surface area (Å²) < 4.78 is 0. The second-order valence-corrected chi connectivity index (χ2v) is 4.65. The second kappa shape index (κ2) is 5.11.